The molecule has 0 aromatic carbocycles. The van der Waals surface area contributed by atoms with E-state index in [1.165, 1.54) is 11.8 Å². The maximum Gasteiger partial charge on any atom is 0.354 e. The van der Waals surface area contributed by atoms with Gasteiger partial charge in [0.1, 0.15) is 11.7 Å². The lowest BCUT2D eigenvalue weighted by Gasteiger charge is -2.34. The van der Waals surface area contributed by atoms with Crippen molar-refractivity contribution < 1.29 is 19.4 Å². The van der Waals surface area contributed by atoms with Gasteiger partial charge in [-0.05, 0) is 20.8 Å². The molecule has 90 valence electrons. The number of aliphatic carboxylic acids is 1. The molecule has 5 nitrogen and oxygen atoms in total. The predicted molar refractivity (Wildman–Crippen MR) is 60.9 cm³/mol. The van der Waals surface area contributed by atoms with Crippen molar-refractivity contribution in [2.75, 3.05) is 6.61 Å². The molecule has 2 N–H and O–H groups in total. The number of hydrogen-bond donors (Lipinski definition) is 2. The van der Waals surface area contributed by atoms with Crippen molar-refractivity contribution >= 4 is 23.7 Å². The molecule has 0 spiro atoms. The van der Waals surface area contributed by atoms with Crippen LogP contribution in [0.3, 0.4) is 0 Å². The van der Waals surface area contributed by atoms with Gasteiger partial charge in [0, 0.05) is 10.2 Å². The van der Waals surface area contributed by atoms with E-state index in [0.29, 0.717) is 0 Å². The Labute approximate surface area is 98.2 Å². The van der Waals surface area contributed by atoms with Crippen LogP contribution < -0.4 is 5.32 Å². The zero-order chi connectivity index (χ0) is 12.3. The summed E-state index contributed by atoms with van der Waals surface area (Å²) < 4.78 is 4.30. The van der Waals surface area contributed by atoms with Crippen LogP contribution >= 0.6 is 11.8 Å². The molecular formula is C10H15NO4S. The standard InChI is InChI=1S/C10H15NO4S/c1-4-15-9(14)6-5-16-10(2,3)7(11-6)8(12)13/h5,7,11H,4H2,1-3H3,(H,12,13)/t7-/m0/s1. The minimum atomic E-state index is -0.979. The third-order valence-electron chi connectivity index (χ3n) is 2.22. The second-order valence-electron chi connectivity index (χ2n) is 3.89. The van der Waals surface area contributed by atoms with Crippen LogP contribution in [0.5, 0.6) is 0 Å². The highest BCUT2D eigenvalue weighted by Crippen LogP contribution is 2.34. The molecule has 0 aliphatic carbocycles. The first-order chi connectivity index (χ1) is 7.38. The number of esters is 1. The highest BCUT2D eigenvalue weighted by Gasteiger charge is 2.40. The third-order valence-corrected chi connectivity index (χ3v) is 3.41. The Bertz CT molecular complexity index is 338. The molecule has 1 aliphatic heterocycles. The Hall–Kier alpha value is -1.17. The zero-order valence-electron chi connectivity index (χ0n) is 9.44. The van der Waals surface area contributed by atoms with E-state index in [9.17, 15) is 9.59 Å². The number of carboxylic acids is 1. The third kappa shape index (κ3) is 2.69. The van der Waals surface area contributed by atoms with Crippen LogP contribution in [-0.4, -0.2) is 34.4 Å². The average molecular weight is 245 g/mol. The van der Waals surface area contributed by atoms with Gasteiger partial charge in [0.05, 0.1) is 6.61 Å². The Morgan fingerprint density at radius 3 is 2.75 bits per heavy atom. The van der Waals surface area contributed by atoms with Crippen LogP contribution in [0.1, 0.15) is 20.8 Å². The quantitative estimate of drug-likeness (QED) is 0.721. The summed E-state index contributed by atoms with van der Waals surface area (Å²) in [5, 5.41) is 13.4. The molecule has 0 fully saturated rings. The van der Waals surface area contributed by atoms with E-state index in [0.717, 1.165) is 0 Å². The molecule has 16 heavy (non-hydrogen) atoms. The van der Waals surface area contributed by atoms with Gasteiger partial charge in [0.25, 0.3) is 0 Å². The lowest BCUT2D eigenvalue weighted by molar-refractivity contribution is -0.141. The van der Waals surface area contributed by atoms with Crippen molar-refractivity contribution in [3.63, 3.8) is 0 Å². The van der Waals surface area contributed by atoms with Crippen molar-refractivity contribution in [2.24, 2.45) is 0 Å². The van der Waals surface area contributed by atoms with Gasteiger partial charge in [-0.25, -0.2) is 9.59 Å². The molecule has 1 aliphatic rings. The fourth-order valence-corrected chi connectivity index (χ4v) is 2.20. The summed E-state index contributed by atoms with van der Waals surface area (Å²) in [6.45, 7) is 5.58. The molecule has 1 atom stereocenters. The first-order valence-electron chi connectivity index (χ1n) is 4.93. The van der Waals surface area contributed by atoms with Crippen molar-refractivity contribution in [3.8, 4) is 0 Å². The Morgan fingerprint density at radius 1 is 1.62 bits per heavy atom. The summed E-state index contributed by atoms with van der Waals surface area (Å²) >= 11 is 1.31. The molecule has 0 radical (unpaired) electrons. The van der Waals surface area contributed by atoms with Crippen LogP contribution in [0.25, 0.3) is 0 Å². The van der Waals surface area contributed by atoms with Crippen LogP contribution in [0.4, 0.5) is 0 Å². The number of carbonyl (C=O) groups is 2. The molecule has 0 saturated heterocycles. The number of nitrogens with one attached hydrogen (secondary N) is 1. The van der Waals surface area contributed by atoms with Crippen molar-refractivity contribution in [1.29, 1.82) is 0 Å². The number of thioether (sulfide) groups is 1. The van der Waals surface area contributed by atoms with Gasteiger partial charge in [-0.1, -0.05) is 0 Å². The summed E-state index contributed by atoms with van der Waals surface area (Å²) in [5.41, 5.74) is 0.207. The van der Waals surface area contributed by atoms with Crippen LogP contribution in [-0.2, 0) is 14.3 Å². The molecule has 0 bridgehead atoms. The minimum Gasteiger partial charge on any atom is -0.480 e. The molecule has 0 amide bonds. The van der Waals surface area contributed by atoms with E-state index in [-0.39, 0.29) is 12.3 Å². The van der Waals surface area contributed by atoms with E-state index in [1.54, 1.807) is 12.3 Å². The van der Waals surface area contributed by atoms with E-state index < -0.39 is 22.7 Å². The van der Waals surface area contributed by atoms with Gasteiger partial charge >= 0.3 is 11.9 Å². The van der Waals surface area contributed by atoms with Crippen LogP contribution in [0.2, 0.25) is 0 Å². The summed E-state index contributed by atoms with van der Waals surface area (Å²) in [5.74, 6) is -1.50. The van der Waals surface area contributed by atoms with E-state index in [1.807, 2.05) is 13.8 Å². The Morgan fingerprint density at radius 2 is 2.25 bits per heavy atom. The maximum absolute atomic E-state index is 11.4. The maximum atomic E-state index is 11.4. The first-order valence-corrected chi connectivity index (χ1v) is 5.81. The van der Waals surface area contributed by atoms with Crippen molar-refractivity contribution in [3.05, 3.63) is 11.1 Å². The fraction of sp³-hybridized carbons (Fsp3) is 0.600. The van der Waals surface area contributed by atoms with Gasteiger partial charge in [0.15, 0.2) is 0 Å². The highest BCUT2D eigenvalue weighted by molar-refractivity contribution is 8.03. The molecule has 0 aromatic rings. The SMILES string of the molecule is CCOC(=O)C1=CSC(C)(C)[C@H](C(=O)O)N1. The zero-order valence-corrected chi connectivity index (χ0v) is 10.3. The monoisotopic (exact) mass is 245 g/mol. The fourth-order valence-electron chi connectivity index (χ4n) is 1.32. The predicted octanol–water partition coefficient (Wildman–Crippen LogP) is 0.959. The van der Waals surface area contributed by atoms with Crippen molar-refractivity contribution in [1.82, 2.24) is 5.32 Å². The van der Waals surface area contributed by atoms with Gasteiger partial charge < -0.3 is 15.2 Å². The summed E-state index contributed by atoms with van der Waals surface area (Å²) in [4.78, 5) is 22.5. The smallest absolute Gasteiger partial charge is 0.354 e. The van der Waals surface area contributed by atoms with Crippen molar-refractivity contribution in [2.45, 2.75) is 31.6 Å². The molecule has 0 saturated carbocycles. The number of rotatable bonds is 3. The van der Waals surface area contributed by atoms with Gasteiger partial charge in [-0.2, -0.15) is 0 Å². The molecular weight excluding hydrogens is 230 g/mol. The van der Waals surface area contributed by atoms with Gasteiger partial charge in [-0.15, -0.1) is 11.8 Å². The second-order valence-corrected chi connectivity index (χ2v) is 5.41. The summed E-state index contributed by atoms with van der Waals surface area (Å²) in [6, 6.07) is -0.804. The molecule has 1 rings (SSSR count). The largest absolute Gasteiger partial charge is 0.480 e. The highest BCUT2D eigenvalue weighted by atomic mass is 32.2. The first kappa shape index (κ1) is 12.9. The Balaban J connectivity index is 2.83. The van der Waals surface area contributed by atoms with Crippen LogP contribution in [0, 0.1) is 0 Å². The number of hydrogen-bond acceptors (Lipinski definition) is 5. The second kappa shape index (κ2) is 4.78. The number of ether oxygens (including phenoxy) is 1. The van der Waals surface area contributed by atoms with E-state index in [4.69, 9.17) is 9.84 Å². The lowest BCUT2D eigenvalue weighted by Crippen LogP contribution is -2.52. The van der Waals surface area contributed by atoms with E-state index >= 15 is 0 Å². The molecule has 0 unspecified atom stereocenters. The topological polar surface area (TPSA) is 75.6 Å². The normalized spacial score (nSPS) is 22.9. The minimum absolute atomic E-state index is 0.207. The number of carbonyl (C=O) groups excluding carboxylic acids is 1. The molecule has 1 heterocycles. The summed E-state index contributed by atoms with van der Waals surface area (Å²) in [6.07, 6.45) is 0. The van der Waals surface area contributed by atoms with Crippen LogP contribution in [0.15, 0.2) is 11.1 Å². The number of carboxylic acid groups (broad SMARTS) is 1. The van der Waals surface area contributed by atoms with Gasteiger partial charge in [0.2, 0.25) is 0 Å². The molecule has 0 aromatic heterocycles. The van der Waals surface area contributed by atoms with E-state index in [2.05, 4.69) is 5.32 Å². The van der Waals surface area contributed by atoms with Gasteiger partial charge in [-0.3, -0.25) is 0 Å². The Kier molecular flexibility index (Phi) is 3.85. The summed E-state index contributed by atoms with van der Waals surface area (Å²) in [7, 11) is 0. The molecule has 6 heteroatoms. The average Bonchev–Trinajstić information content (AvgIpc) is 2.16. The lowest BCUT2D eigenvalue weighted by atomic mass is 10.0.